The van der Waals surface area contributed by atoms with E-state index in [1.165, 1.54) is 18.4 Å². The third-order valence-electron chi connectivity index (χ3n) is 6.70. The van der Waals surface area contributed by atoms with Gasteiger partial charge in [0.25, 0.3) is 5.91 Å². The molecule has 192 valence electrons. The van der Waals surface area contributed by atoms with Crippen LogP contribution in [0.4, 0.5) is 0 Å². The minimum absolute atomic E-state index is 0.135. The Morgan fingerprint density at radius 2 is 1.49 bits per heavy atom. The number of carbonyl (C=O) groups excluding carboxylic acids is 2. The Bertz CT molecular complexity index is 1150. The molecule has 5 heteroatoms. The first-order valence-electron chi connectivity index (χ1n) is 13.2. The molecule has 0 spiro atoms. The van der Waals surface area contributed by atoms with E-state index in [1.807, 2.05) is 91.0 Å². The number of allylic oxidation sites excluding steroid dienone is 1. The number of nitrogens with one attached hydrogen (secondary N) is 1. The fourth-order valence-corrected chi connectivity index (χ4v) is 4.67. The number of benzene rings is 3. The summed E-state index contributed by atoms with van der Waals surface area (Å²) in [6.45, 7) is 0.764. The van der Waals surface area contributed by atoms with Crippen molar-refractivity contribution in [1.82, 2.24) is 10.2 Å². The lowest BCUT2D eigenvalue weighted by Crippen LogP contribution is -2.51. The van der Waals surface area contributed by atoms with E-state index in [0.29, 0.717) is 25.3 Å². The molecule has 0 aliphatic heterocycles. The Labute approximate surface area is 220 Å². The number of carbonyl (C=O) groups is 2. The second kappa shape index (κ2) is 14.0. The maximum absolute atomic E-state index is 13.6. The maximum Gasteiger partial charge on any atom is 0.261 e. The summed E-state index contributed by atoms with van der Waals surface area (Å²) in [6.07, 6.45) is 8.29. The minimum Gasteiger partial charge on any atom is -0.484 e. The summed E-state index contributed by atoms with van der Waals surface area (Å²) in [5, 5.41) is 3.13. The molecule has 1 aliphatic carbocycles. The van der Waals surface area contributed by atoms with Crippen LogP contribution in [0.5, 0.6) is 5.75 Å². The summed E-state index contributed by atoms with van der Waals surface area (Å²) in [7, 11) is 0. The second-order valence-corrected chi connectivity index (χ2v) is 9.46. The van der Waals surface area contributed by atoms with E-state index in [2.05, 4.69) is 11.4 Å². The van der Waals surface area contributed by atoms with E-state index in [0.717, 1.165) is 30.4 Å². The molecular formula is C32H36N2O3. The average molecular weight is 497 g/mol. The molecule has 0 saturated carbocycles. The smallest absolute Gasteiger partial charge is 0.261 e. The van der Waals surface area contributed by atoms with Crippen LogP contribution < -0.4 is 10.1 Å². The van der Waals surface area contributed by atoms with Crippen molar-refractivity contribution in [3.05, 3.63) is 114 Å². The molecule has 0 heterocycles. The van der Waals surface area contributed by atoms with Gasteiger partial charge in [-0.05, 0) is 55.4 Å². The molecule has 0 radical (unpaired) electrons. The minimum atomic E-state index is -0.658. The first-order valence-corrected chi connectivity index (χ1v) is 13.2. The molecular weight excluding hydrogens is 460 g/mol. The molecule has 0 aromatic heterocycles. The van der Waals surface area contributed by atoms with Crippen LogP contribution in [0.1, 0.15) is 43.2 Å². The summed E-state index contributed by atoms with van der Waals surface area (Å²) in [5.74, 6) is 0.267. The zero-order valence-electron chi connectivity index (χ0n) is 21.4. The van der Waals surface area contributed by atoms with Gasteiger partial charge in [-0.2, -0.15) is 0 Å². The van der Waals surface area contributed by atoms with Crippen molar-refractivity contribution in [2.45, 2.75) is 51.1 Å². The zero-order chi connectivity index (χ0) is 25.7. The molecule has 0 bridgehead atoms. The van der Waals surface area contributed by atoms with Crippen LogP contribution in [0, 0.1) is 0 Å². The highest BCUT2D eigenvalue weighted by molar-refractivity contribution is 5.88. The van der Waals surface area contributed by atoms with E-state index in [4.69, 9.17) is 4.74 Å². The fraction of sp³-hybridized carbons (Fsp3) is 0.312. The third kappa shape index (κ3) is 8.35. The van der Waals surface area contributed by atoms with Gasteiger partial charge in [0.1, 0.15) is 11.8 Å². The van der Waals surface area contributed by atoms with Crippen molar-refractivity contribution in [3.63, 3.8) is 0 Å². The Balaban J connectivity index is 1.53. The first kappa shape index (κ1) is 26.2. The standard InChI is InChI=1S/C32H36N2O3/c35-31(25-37-29-19-11-4-12-20-29)34(24-28-17-9-3-10-18-28)30(23-27-15-7-2-8-16-27)32(36)33-22-21-26-13-5-1-6-14-26/h2-4,7-13,15-20,30H,1,5-6,14,21-25H2,(H,33,36)/t30-/m0/s1. The Morgan fingerprint density at radius 1 is 0.838 bits per heavy atom. The number of nitrogens with zero attached hydrogens (tertiary/aromatic N) is 1. The van der Waals surface area contributed by atoms with Gasteiger partial charge >= 0.3 is 0 Å². The van der Waals surface area contributed by atoms with Crippen LogP contribution in [0.2, 0.25) is 0 Å². The van der Waals surface area contributed by atoms with Gasteiger partial charge in [-0.15, -0.1) is 0 Å². The molecule has 1 aliphatic rings. The van der Waals surface area contributed by atoms with Crippen LogP contribution in [0.15, 0.2) is 103 Å². The van der Waals surface area contributed by atoms with Crippen LogP contribution in [0.25, 0.3) is 0 Å². The van der Waals surface area contributed by atoms with E-state index in [1.54, 1.807) is 4.90 Å². The molecule has 1 atom stereocenters. The number of amides is 2. The van der Waals surface area contributed by atoms with E-state index in [9.17, 15) is 9.59 Å². The highest BCUT2D eigenvalue weighted by Gasteiger charge is 2.30. The highest BCUT2D eigenvalue weighted by Crippen LogP contribution is 2.20. The highest BCUT2D eigenvalue weighted by atomic mass is 16.5. The predicted octanol–water partition coefficient (Wildman–Crippen LogP) is 5.71. The van der Waals surface area contributed by atoms with E-state index < -0.39 is 6.04 Å². The Morgan fingerprint density at radius 3 is 2.14 bits per heavy atom. The van der Waals surface area contributed by atoms with E-state index >= 15 is 0 Å². The third-order valence-corrected chi connectivity index (χ3v) is 6.70. The van der Waals surface area contributed by atoms with Gasteiger partial charge in [-0.1, -0.05) is 90.5 Å². The molecule has 3 aromatic carbocycles. The second-order valence-electron chi connectivity index (χ2n) is 9.46. The normalized spacial score (nSPS) is 13.8. The molecule has 37 heavy (non-hydrogen) atoms. The van der Waals surface area contributed by atoms with Crippen LogP contribution in [0.3, 0.4) is 0 Å². The molecule has 2 amide bonds. The molecule has 4 rings (SSSR count). The number of hydrogen-bond acceptors (Lipinski definition) is 3. The lowest BCUT2D eigenvalue weighted by Gasteiger charge is -2.31. The summed E-state index contributed by atoms with van der Waals surface area (Å²) in [6, 6.07) is 28.3. The lowest BCUT2D eigenvalue weighted by molar-refractivity contribution is -0.142. The Hall–Kier alpha value is -3.86. The van der Waals surface area contributed by atoms with Gasteiger partial charge in [0.15, 0.2) is 6.61 Å². The van der Waals surface area contributed by atoms with Gasteiger partial charge in [-0.25, -0.2) is 0 Å². The van der Waals surface area contributed by atoms with Crippen molar-refractivity contribution < 1.29 is 14.3 Å². The molecule has 5 nitrogen and oxygen atoms in total. The largest absolute Gasteiger partial charge is 0.484 e. The SMILES string of the molecule is O=C(NCCC1=CCCCC1)[C@H](Cc1ccccc1)N(Cc1ccccc1)C(=O)COc1ccccc1. The summed E-state index contributed by atoms with van der Waals surface area (Å²) >= 11 is 0. The lowest BCUT2D eigenvalue weighted by atomic mass is 9.97. The summed E-state index contributed by atoms with van der Waals surface area (Å²) in [5.41, 5.74) is 3.39. The van der Waals surface area contributed by atoms with Crippen molar-refractivity contribution >= 4 is 11.8 Å². The van der Waals surface area contributed by atoms with Crippen LogP contribution >= 0.6 is 0 Å². The predicted molar refractivity (Wildman–Crippen MR) is 147 cm³/mol. The molecule has 0 unspecified atom stereocenters. The van der Waals surface area contributed by atoms with Crippen molar-refractivity contribution in [2.75, 3.05) is 13.2 Å². The van der Waals surface area contributed by atoms with E-state index in [-0.39, 0.29) is 18.4 Å². The number of ether oxygens (including phenoxy) is 1. The summed E-state index contributed by atoms with van der Waals surface area (Å²) in [4.78, 5) is 28.9. The van der Waals surface area contributed by atoms with Crippen LogP contribution in [-0.2, 0) is 22.6 Å². The quantitative estimate of drug-likeness (QED) is 0.327. The molecule has 0 saturated heterocycles. The van der Waals surface area contributed by atoms with Gasteiger partial charge in [0, 0.05) is 19.5 Å². The van der Waals surface area contributed by atoms with Gasteiger partial charge in [0.05, 0.1) is 0 Å². The average Bonchev–Trinajstić information content (AvgIpc) is 2.96. The van der Waals surface area contributed by atoms with Gasteiger partial charge < -0.3 is 15.0 Å². The Kier molecular flexibility index (Phi) is 9.94. The topological polar surface area (TPSA) is 58.6 Å². The van der Waals surface area contributed by atoms with Gasteiger partial charge in [-0.3, -0.25) is 9.59 Å². The van der Waals surface area contributed by atoms with Gasteiger partial charge in [0.2, 0.25) is 5.91 Å². The monoisotopic (exact) mass is 496 g/mol. The van der Waals surface area contributed by atoms with Crippen LogP contribution in [-0.4, -0.2) is 35.9 Å². The molecule has 0 fully saturated rings. The zero-order valence-corrected chi connectivity index (χ0v) is 21.4. The number of para-hydroxylation sites is 1. The molecule has 1 N–H and O–H groups in total. The van der Waals surface area contributed by atoms with Crippen molar-refractivity contribution in [2.24, 2.45) is 0 Å². The fourth-order valence-electron chi connectivity index (χ4n) is 4.67. The maximum atomic E-state index is 13.6. The number of hydrogen-bond donors (Lipinski definition) is 1. The molecule has 3 aromatic rings. The summed E-state index contributed by atoms with van der Waals surface area (Å²) < 4.78 is 5.80. The van der Waals surface area contributed by atoms with Crippen molar-refractivity contribution in [3.8, 4) is 5.75 Å². The number of rotatable bonds is 12. The first-order chi connectivity index (χ1) is 18.2. The van der Waals surface area contributed by atoms with Crippen molar-refractivity contribution in [1.29, 1.82) is 0 Å².